The molecule has 0 spiro atoms. The van der Waals surface area contributed by atoms with Crippen LogP contribution in [0.4, 0.5) is 5.13 Å². The molecule has 0 fully saturated rings. The molecule has 0 aliphatic heterocycles. The van der Waals surface area contributed by atoms with Gasteiger partial charge in [-0.25, -0.2) is 15.0 Å². The number of carbonyl (C=O) groups excluding carboxylic acids is 2. The maximum absolute atomic E-state index is 11.9. The Bertz CT molecular complexity index is 885. The smallest absolute Gasteiger partial charge is 0.226 e. The summed E-state index contributed by atoms with van der Waals surface area (Å²) >= 11 is 1.34. The van der Waals surface area contributed by atoms with Crippen molar-refractivity contribution in [2.75, 3.05) is 11.9 Å². The lowest BCUT2D eigenvalue weighted by Crippen LogP contribution is -2.22. The molecule has 3 aromatic rings. The topological polar surface area (TPSA) is 113 Å². The van der Waals surface area contributed by atoms with Crippen LogP contribution in [0.25, 0.3) is 22.4 Å². The maximum Gasteiger partial charge on any atom is 0.226 e. The van der Waals surface area contributed by atoms with Gasteiger partial charge in [-0.3, -0.25) is 9.59 Å². The summed E-state index contributed by atoms with van der Waals surface area (Å²) in [6.07, 6.45) is 4.19. The minimum Gasteiger partial charge on any atom is -0.356 e. The van der Waals surface area contributed by atoms with E-state index in [0.717, 1.165) is 16.7 Å². The van der Waals surface area contributed by atoms with Gasteiger partial charge in [-0.05, 0) is 12.5 Å². The molecule has 9 heteroatoms. The molecule has 2 amide bonds. The predicted molar refractivity (Wildman–Crippen MR) is 97.9 cm³/mol. The molecule has 8 nitrogen and oxygen atoms in total. The highest BCUT2D eigenvalue weighted by atomic mass is 32.1. The molecule has 0 saturated carbocycles. The van der Waals surface area contributed by atoms with Gasteiger partial charge in [-0.15, -0.1) is 11.3 Å². The minimum atomic E-state index is -0.129. The van der Waals surface area contributed by atoms with Crippen molar-refractivity contribution in [3.63, 3.8) is 0 Å². The minimum absolute atomic E-state index is 0. The summed E-state index contributed by atoms with van der Waals surface area (Å²) in [6, 6.07) is 1.89. The van der Waals surface area contributed by atoms with E-state index in [1.165, 1.54) is 24.6 Å². The lowest BCUT2D eigenvalue weighted by atomic mass is 10.2. The molecular formula is C15H22N6O2S. The number of rotatable bonds is 6. The van der Waals surface area contributed by atoms with Gasteiger partial charge in [0.1, 0.15) is 23.4 Å². The zero-order chi connectivity index (χ0) is 16.9. The number of hydrogen-bond donors (Lipinski definition) is 3. The van der Waals surface area contributed by atoms with Crippen molar-refractivity contribution >= 4 is 39.3 Å². The third-order valence-electron chi connectivity index (χ3n) is 3.30. The van der Waals surface area contributed by atoms with E-state index >= 15 is 0 Å². The summed E-state index contributed by atoms with van der Waals surface area (Å²) in [5, 5.41) is 8.68. The Morgan fingerprint density at radius 2 is 2.25 bits per heavy atom. The number of thiazole rings is 1. The molecule has 0 unspecified atom stereocenters. The van der Waals surface area contributed by atoms with Crippen LogP contribution < -0.4 is 10.6 Å². The van der Waals surface area contributed by atoms with E-state index in [1.807, 2.05) is 11.4 Å². The van der Waals surface area contributed by atoms with Crippen LogP contribution in [0.1, 0.15) is 24.0 Å². The molecule has 0 saturated heterocycles. The van der Waals surface area contributed by atoms with Crippen molar-refractivity contribution in [3.05, 3.63) is 24.0 Å². The Hall–Kier alpha value is -2.81. The van der Waals surface area contributed by atoms with Crippen LogP contribution in [0.2, 0.25) is 0 Å². The number of hydrogen-bond acceptors (Lipinski definition) is 6. The zero-order valence-corrected chi connectivity index (χ0v) is 13.8. The van der Waals surface area contributed by atoms with Crippen LogP contribution in [0.5, 0.6) is 0 Å². The van der Waals surface area contributed by atoms with E-state index in [2.05, 4.69) is 30.6 Å². The first kappa shape index (κ1) is 16.1. The number of carbonyl (C=O) groups is 2. The summed E-state index contributed by atoms with van der Waals surface area (Å²) in [5.74, 6) is -0.225. The molecule has 3 N–H and O–H groups in total. The average molecular weight is 350 g/mol. The molecule has 3 rings (SSSR count). The molecule has 0 atom stereocenters. The Labute approximate surface area is 146 Å². The number of fused-ring (bicyclic) bond motifs is 1. The summed E-state index contributed by atoms with van der Waals surface area (Å²) < 4.78 is 0. The first-order chi connectivity index (χ1) is 11.6. The molecule has 3 aromatic heterocycles. The van der Waals surface area contributed by atoms with E-state index in [4.69, 9.17) is 0 Å². The van der Waals surface area contributed by atoms with E-state index in [1.54, 1.807) is 6.20 Å². The molecule has 3 heterocycles. The van der Waals surface area contributed by atoms with Gasteiger partial charge < -0.3 is 15.6 Å². The van der Waals surface area contributed by atoms with Gasteiger partial charge in [-0.2, -0.15) is 0 Å². The quantitative estimate of drug-likeness (QED) is 0.592. The number of nitrogens with one attached hydrogen (secondary N) is 3. The molecule has 0 aliphatic rings. The van der Waals surface area contributed by atoms with Crippen LogP contribution >= 0.6 is 11.3 Å². The normalized spacial score (nSPS) is 10.7. The van der Waals surface area contributed by atoms with E-state index in [-0.39, 0.29) is 16.1 Å². The highest BCUT2D eigenvalue weighted by Gasteiger charge is 2.12. The molecule has 0 aliphatic carbocycles. The van der Waals surface area contributed by atoms with Gasteiger partial charge in [0, 0.05) is 41.1 Å². The fourth-order valence-electron chi connectivity index (χ4n) is 2.21. The number of anilines is 1. The fourth-order valence-corrected chi connectivity index (χ4v) is 2.92. The van der Waals surface area contributed by atoms with E-state index in [9.17, 15) is 9.59 Å². The van der Waals surface area contributed by atoms with Gasteiger partial charge in [0.25, 0.3) is 0 Å². The molecule has 0 aromatic carbocycles. The first-order valence-corrected chi connectivity index (χ1v) is 8.30. The largest absolute Gasteiger partial charge is 0.356 e. The summed E-state index contributed by atoms with van der Waals surface area (Å²) in [7, 11) is 0. The summed E-state index contributed by atoms with van der Waals surface area (Å²) in [5.41, 5.74) is 2.17. The number of nitrogens with zero attached hydrogens (tertiary/aromatic N) is 3. The molecule has 0 bridgehead atoms. The standard InChI is InChI=1S/C15H16N6O2S.3H2/c1-9(22)16-5-2-3-12(23)21-15-20-11(7-24-15)13-10-4-6-17-14(10)19-8-18-13;;;/h4,6-8H,2-3,5H2,1H3,(H,16,22)(H,17,18,19)(H,20,21,23);3*1H. The Morgan fingerprint density at radius 3 is 3.08 bits per heavy atom. The SMILES string of the molecule is CC(=O)NCCCC(=O)Nc1nc(-c2ncnc3[nH]ccc23)cs1.[HH].[HH].[HH]. The maximum atomic E-state index is 11.9. The van der Waals surface area contributed by atoms with Gasteiger partial charge in [-0.1, -0.05) is 0 Å². The summed E-state index contributed by atoms with van der Waals surface area (Å²) in [6.45, 7) is 1.93. The monoisotopic (exact) mass is 350 g/mol. The number of aromatic nitrogens is 4. The van der Waals surface area contributed by atoms with Crippen molar-refractivity contribution < 1.29 is 13.9 Å². The van der Waals surface area contributed by atoms with Crippen LogP contribution in [0.3, 0.4) is 0 Å². The third kappa shape index (κ3) is 3.74. The first-order valence-electron chi connectivity index (χ1n) is 7.42. The van der Waals surface area contributed by atoms with Gasteiger partial charge in [0.15, 0.2) is 5.13 Å². The van der Waals surface area contributed by atoms with Crippen molar-refractivity contribution in [2.45, 2.75) is 19.8 Å². The average Bonchev–Trinajstić information content (AvgIpc) is 3.20. The van der Waals surface area contributed by atoms with Gasteiger partial charge in [0.2, 0.25) is 11.8 Å². The lowest BCUT2D eigenvalue weighted by Gasteiger charge is -2.02. The number of aromatic amines is 1. The van der Waals surface area contributed by atoms with Crippen molar-refractivity contribution in [2.24, 2.45) is 0 Å². The van der Waals surface area contributed by atoms with Gasteiger partial charge in [0.05, 0.1) is 0 Å². The van der Waals surface area contributed by atoms with Crippen molar-refractivity contribution in [1.82, 2.24) is 25.3 Å². The highest BCUT2D eigenvalue weighted by Crippen LogP contribution is 2.28. The second-order valence-electron chi connectivity index (χ2n) is 5.13. The second kappa shape index (κ2) is 7.18. The Balaban J connectivity index is 0.00000225. The Morgan fingerprint density at radius 1 is 1.38 bits per heavy atom. The van der Waals surface area contributed by atoms with Crippen LogP contribution in [0, 0.1) is 0 Å². The number of H-pyrrole nitrogens is 1. The predicted octanol–water partition coefficient (Wildman–Crippen LogP) is 2.67. The molecular weight excluding hydrogens is 328 g/mol. The van der Waals surface area contributed by atoms with Crippen molar-refractivity contribution in [1.29, 1.82) is 0 Å². The Kier molecular flexibility index (Phi) is 4.80. The lowest BCUT2D eigenvalue weighted by molar-refractivity contribution is -0.119. The highest BCUT2D eigenvalue weighted by molar-refractivity contribution is 7.14. The van der Waals surface area contributed by atoms with Gasteiger partial charge >= 0.3 is 0 Å². The summed E-state index contributed by atoms with van der Waals surface area (Å²) in [4.78, 5) is 38.5. The van der Waals surface area contributed by atoms with Crippen molar-refractivity contribution in [3.8, 4) is 11.4 Å². The molecule has 0 radical (unpaired) electrons. The zero-order valence-electron chi connectivity index (χ0n) is 13.0. The number of amides is 2. The molecule has 130 valence electrons. The van der Waals surface area contributed by atoms with E-state index in [0.29, 0.717) is 30.2 Å². The van der Waals surface area contributed by atoms with Crippen LogP contribution in [-0.4, -0.2) is 38.3 Å². The fraction of sp³-hybridized carbons (Fsp3) is 0.267. The van der Waals surface area contributed by atoms with Crippen LogP contribution in [-0.2, 0) is 9.59 Å². The van der Waals surface area contributed by atoms with Crippen LogP contribution in [0.15, 0.2) is 24.0 Å². The third-order valence-corrected chi connectivity index (χ3v) is 4.06. The molecule has 24 heavy (non-hydrogen) atoms. The van der Waals surface area contributed by atoms with E-state index < -0.39 is 0 Å². The second-order valence-corrected chi connectivity index (χ2v) is 5.99.